The summed E-state index contributed by atoms with van der Waals surface area (Å²) in [7, 11) is 0. The van der Waals surface area contributed by atoms with Gasteiger partial charge in [-0.3, -0.25) is 14.9 Å². The largest absolute Gasteiger partial charge is 0.446 e. The highest BCUT2D eigenvalue weighted by Crippen LogP contribution is 2.28. The van der Waals surface area contributed by atoms with Gasteiger partial charge in [0.05, 0.1) is 12.2 Å². The highest BCUT2D eigenvalue weighted by atomic mass is 16.6. The normalized spacial score (nSPS) is 13.6. The molecule has 2 heterocycles. The van der Waals surface area contributed by atoms with Gasteiger partial charge >= 0.3 is 6.09 Å². The maximum atomic E-state index is 12.7. The molecule has 1 saturated heterocycles. The Labute approximate surface area is 262 Å². The van der Waals surface area contributed by atoms with Crippen LogP contribution in [-0.4, -0.2) is 65.1 Å². The molecule has 0 bridgehead atoms. The molecule has 5 N–H and O–H groups in total. The van der Waals surface area contributed by atoms with E-state index in [9.17, 15) is 14.4 Å². The Morgan fingerprint density at radius 2 is 1.56 bits per heavy atom. The number of anilines is 3. The zero-order chi connectivity index (χ0) is 31.3. The van der Waals surface area contributed by atoms with Gasteiger partial charge in [0.1, 0.15) is 11.9 Å². The molecule has 11 nitrogen and oxygen atoms in total. The number of hydrogen-bond acceptors (Lipinski definition) is 7. The molecule has 1 fully saturated rings. The van der Waals surface area contributed by atoms with E-state index in [1.807, 2.05) is 54.6 Å². The molecule has 5 rings (SSSR count). The predicted molar refractivity (Wildman–Crippen MR) is 175 cm³/mol. The number of aromatic nitrogens is 2. The van der Waals surface area contributed by atoms with Crippen molar-refractivity contribution in [3.05, 3.63) is 97.1 Å². The number of piperidine rings is 1. The molecule has 0 saturated carbocycles. The van der Waals surface area contributed by atoms with Crippen molar-refractivity contribution in [1.82, 2.24) is 20.2 Å². The van der Waals surface area contributed by atoms with Crippen molar-refractivity contribution in [1.29, 1.82) is 0 Å². The van der Waals surface area contributed by atoms with Crippen molar-refractivity contribution in [3.8, 4) is 11.1 Å². The first-order valence-electron chi connectivity index (χ1n) is 15.2. The Morgan fingerprint density at radius 3 is 2.29 bits per heavy atom. The number of ether oxygens (including phenoxy) is 1. The topological polar surface area (TPSA) is 140 Å². The lowest BCUT2D eigenvalue weighted by Gasteiger charge is -2.31. The van der Waals surface area contributed by atoms with Gasteiger partial charge in [0.2, 0.25) is 11.8 Å². The zero-order valence-electron chi connectivity index (χ0n) is 25.1. The predicted octanol–water partition coefficient (Wildman–Crippen LogP) is 5.24. The summed E-state index contributed by atoms with van der Waals surface area (Å²) >= 11 is 0. The molecule has 0 atom stereocenters. The first kappa shape index (κ1) is 31.4. The third kappa shape index (κ3) is 10.0. The van der Waals surface area contributed by atoms with Gasteiger partial charge in [-0.15, -0.1) is 0 Å². The smallest absolute Gasteiger partial charge is 0.411 e. The number of H-pyrrole nitrogens is 1. The van der Waals surface area contributed by atoms with Crippen LogP contribution >= 0.6 is 0 Å². The van der Waals surface area contributed by atoms with Crippen LogP contribution in [0.25, 0.3) is 11.1 Å². The Morgan fingerprint density at radius 1 is 0.844 bits per heavy atom. The maximum Gasteiger partial charge on any atom is 0.411 e. The van der Waals surface area contributed by atoms with Crippen LogP contribution in [0, 0.1) is 0 Å². The van der Waals surface area contributed by atoms with Gasteiger partial charge in [-0.05, 0) is 42.7 Å². The second kappa shape index (κ2) is 16.2. The number of likely N-dealkylation sites (tertiary alicyclic amines) is 1. The van der Waals surface area contributed by atoms with Gasteiger partial charge in [0.25, 0.3) is 0 Å². The number of carbonyl (C=O) groups is 3. The van der Waals surface area contributed by atoms with Crippen molar-refractivity contribution < 1.29 is 19.1 Å². The summed E-state index contributed by atoms with van der Waals surface area (Å²) in [6.07, 6.45) is 4.86. The van der Waals surface area contributed by atoms with Crippen molar-refractivity contribution in [2.45, 2.75) is 38.3 Å². The number of benzene rings is 3. The van der Waals surface area contributed by atoms with E-state index in [1.165, 1.54) is 0 Å². The minimum absolute atomic E-state index is 0.101. The summed E-state index contributed by atoms with van der Waals surface area (Å²) < 4.78 is 5.73. The van der Waals surface area contributed by atoms with E-state index < -0.39 is 6.09 Å². The van der Waals surface area contributed by atoms with E-state index in [0.717, 1.165) is 30.0 Å². The summed E-state index contributed by atoms with van der Waals surface area (Å²) in [5, 5.41) is 11.9. The monoisotopic (exact) mass is 609 g/mol. The van der Waals surface area contributed by atoms with E-state index in [2.05, 4.69) is 36.1 Å². The van der Waals surface area contributed by atoms with Crippen LogP contribution in [-0.2, 0) is 20.9 Å². The Balaban J connectivity index is 0.981. The molecule has 0 aliphatic carbocycles. The van der Waals surface area contributed by atoms with Gasteiger partial charge in [-0.1, -0.05) is 54.6 Å². The summed E-state index contributed by atoms with van der Waals surface area (Å²) in [5.41, 5.74) is 3.91. The summed E-state index contributed by atoms with van der Waals surface area (Å²) in [6.45, 7) is 3.17. The molecular weight excluding hydrogens is 570 g/mol. The summed E-state index contributed by atoms with van der Waals surface area (Å²) in [5.74, 6) is 0.599. The number of hydrogen-bond donors (Lipinski definition) is 5. The Hall–Kier alpha value is -5.00. The number of para-hydroxylation sites is 1. The average molecular weight is 610 g/mol. The maximum absolute atomic E-state index is 12.7. The van der Waals surface area contributed by atoms with E-state index in [0.29, 0.717) is 62.4 Å². The fourth-order valence-corrected chi connectivity index (χ4v) is 5.19. The van der Waals surface area contributed by atoms with E-state index >= 15 is 0 Å². The summed E-state index contributed by atoms with van der Waals surface area (Å²) in [6, 6.07) is 24.7. The molecule has 0 unspecified atom stereocenters. The molecule has 3 amide bonds. The average Bonchev–Trinajstić information content (AvgIpc) is 3.57. The van der Waals surface area contributed by atoms with Crippen LogP contribution in [0.15, 0.2) is 91.3 Å². The first-order chi connectivity index (χ1) is 22.0. The van der Waals surface area contributed by atoms with Gasteiger partial charge in [0, 0.05) is 68.4 Å². The molecule has 3 aromatic carbocycles. The Kier molecular flexibility index (Phi) is 11.3. The number of nitrogens with one attached hydrogen (secondary N) is 5. The molecule has 1 aliphatic heterocycles. The van der Waals surface area contributed by atoms with E-state index in [1.54, 1.807) is 36.7 Å². The number of imidazole rings is 1. The second-order valence-corrected chi connectivity index (χ2v) is 10.9. The SMILES string of the molecule is O=C(CCNCc1ncc[nH]1)Nc1cccc(NC(=O)CCN2CCC(OC(=O)Nc3ccccc3-c3ccccc3)CC2)c1. The number of nitrogens with zero attached hydrogens (tertiary/aromatic N) is 2. The molecule has 0 spiro atoms. The molecule has 45 heavy (non-hydrogen) atoms. The highest BCUT2D eigenvalue weighted by molar-refractivity contribution is 5.94. The minimum atomic E-state index is -0.462. The van der Waals surface area contributed by atoms with Crippen LogP contribution in [0.5, 0.6) is 0 Å². The van der Waals surface area contributed by atoms with Crippen LogP contribution in [0.3, 0.4) is 0 Å². The van der Waals surface area contributed by atoms with Crippen molar-refractivity contribution in [2.75, 3.05) is 42.1 Å². The zero-order valence-corrected chi connectivity index (χ0v) is 25.1. The fraction of sp³-hybridized carbons (Fsp3) is 0.294. The van der Waals surface area contributed by atoms with Gasteiger partial charge < -0.3 is 30.6 Å². The lowest BCUT2D eigenvalue weighted by Crippen LogP contribution is -2.39. The van der Waals surface area contributed by atoms with Crippen LogP contribution in [0.1, 0.15) is 31.5 Å². The van der Waals surface area contributed by atoms with Crippen molar-refractivity contribution >= 4 is 35.0 Å². The van der Waals surface area contributed by atoms with E-state index in [4.69, 9.17) is 4.74 Å². The van der Waals surface area contributed by atoms with Crippen LogP contribution in [0.4, 0.5) is 21.9 Å². The van der Waals surface area contributed by atoms with Crippen molar-refractivity contribution in [2.24, 2.45) is 0 Å². The molecule has 1 aromatic heterocycles. The van der Waals surface area contributed by atoms with Crippen LogP contribution in [0.2, 0.25) is 0 Å². The van der Waals surface area contributed by atoms with Crippen LogP contribution < -0.4 is 21.3 Å². The molecule has 4 aromatic rings. The standard InChI is InChI=1S/C34H39N7O4/c42-32(13-17-35-24-31-36-18-19-37-31)38-26-9-6-10-27(23-26)39-33(43)16-22-41-20-14-28(15-21-41)45-34(44)40-30-12-5-4-11-29(30)25-7-2-1-3-8-25/h1-12,18-19,23,28,35H,13-17,20-22,24H2,(H,36,37)(H,38,42)(H,39,43)(H,40,44). The molecule has 1 aliphatic rings. The van der Waals surface area contributed by atoms with Gasteiger partial charge in [-0.2, -0.15) is 0 Å². The van der Waals surface area contributed by atoms with Crippen molar-refractivity contribution in [3.63, 3.8) is 0 Å². The first-order valence-corrected chi connectivity index (χ1v) is 15.2. The third-order valence-electron chi connectivity index (χ3n) is 7.52. The van der Waals surface area contributed by atoms with Gasteiger partial charge in [0.15, 0.2) is 0 Å². The van der Waals surface area contributed by atoms with E-state index in [-0.39, 0.29) is 17.9 Å². The molecule has 11 heteroatoms. The fourth-order valence-electron chi connectivity index (χ4n) is 5.19. The lowest BCUT2D eigenvalue weighted by atomic mass is 10.0. The van der Waals surface area contributed by atoms with Gasteiger partial charge in [-0.25, -0.2) is 9.78 Å². The minimum Gasteiger partial charge on any atom is -0.446 e. The number of amides is 3. The third-order valence-corrected chi connectivity index (χ3v) is 7.52. The lowest BCUT2D eigenvalue weighted by molar-refractivity contribution is -0.117. The number of carbonyl (C=O) groups excluding carboxylic acids is 3. The highest BCUT2D eigenvalue weighted by Gasteiger charge is 2.23. The number of rotatable bonds is 13. The number of aromatic amines is 1. The Bertz CT molecular complexity index is 1540. The molecule has 234 valence electrons. The molecule has 0 radical (unpaired) electrons. The summed E-state index contributed by atoms with van der Waals surface area (Å²) in [4.78, 5) is 47.0. The second-order valence-electron chi connectivity index (χ2n) is 10.9. The molecular formula is C34H39N7O4. The quantitative estimate of drug-likeness (QED) is 0.131.